The standard InChI is InChI=1S/C10H17N3O/c1-8-4-5-12-13(8)7-10-3-2-9(6-11)14-10/h4-5,9-10H,2-3,6-7,11H2,1H3. The summed E-state index contributed by atoms with van der Waals surface area (Å²) >= 11 is 0. The lowest BCUT2D eigenvalue weighted by atomic mass is 10.2. The van der Waals surface area contributed by atoms with Crippen molar-refractivity contribution in [3.63, 3.8) is 0 Å². The first kappa shape index (κ1) is 9.68. The molecule has 1 saturated heterocycles. The van der Waals surface area contributed by atoms with Crippen LogP contribution in [0.25, 0.3) is 0 Å². The van der Waals surface area contributed by atoms with Crippen molar-refractivity contribution in [2.24, 2.45) is 5.73 Å². The second-order valence-corrected chi connectivity index (χ2v) is 3.85. The third-order valence-corrected chi connectivity index (χ3v) is 2.76. The lowest BCUT2D eigenvalue weighted by Gasteiger charge is -2.13. The smallest absolute Gasteiger partial charge is 0.0776 e. The van der Waals surface area contributed by atoms with Crippen molar-refractivity contribution >= 4 is 0 Å². The van der Waals surface area contributed by atoms with Gasteiger partial charge in [0.2, 0.25) is 0 Å². The number of hydrogen-bond donors (Lipinski definition) is 1. The highest BCUT2D eigenvalue weighted by molar-refractivity contribution is 4.97. The fourth-order valence-corrected chi connectivity index (χ4v) is 1.87. The van der Waals surface area contributed by atoms with Gasteiger partial charge in [0.15, 0.2) is 0 Å². The largest absolute Gasteiger partial charge is 0.372 e. The minimum absolute atomic E-state index is 0.260. The second-order valence-electron chi connectivity index (χ2n) is 3.85. The Labute approximate surface area is 84.0 Å². The maximum atomic E-state index is 5.75. The quantitative estimate of drug-likeness (QED) is 0.772. The summed E-state index contributed by atoms with van der Waals surface area (Å²) in [6.45, 7) is 3.55. The number of ether oxygens (including phenoxy) is 1. The molecule has 2 rings (SSSR count). The second kappa shape index (κ2) is 4.11. The maximum Gasteiger partial charge on any atom is 0.0776 e. The van der Waals surface area contributed by atoms with Crippen LogP contribution in [0.5, 0.6) is 0 Å². The normalized spacial score (nSPS) is 27.0. The highest BCUT2D eigenvalue weighted by atomic mass is 16.5. The highest BCUT2D eigenvalue weighted by Gasteiger charge is 2.24. The summed E-state index contributed by atoms with van der Waals surface area (Å²) < 4.78 is 7.74. The van der Waals surface area contributed by atoms with Gasteiger partial charge in [-0.1, -0.05) is 0 Å². The third kappa shape index (κ3) is 1.96. The first-order chi connectivity index (χ1) is 6.79. The summed E-state index contributed by atoms with van der Waals surface area (Å²) in [5, 5.41) is 4.24. The molecular formula is C10H17N3O. The fraction of sp³-hybridized carbons (Fsp3) is 0.700. The van der Waals surface area contributed by atoms with Gasteiger partial charge < -0.3 is 10.5 Å². The van der Waals surface area contributed by atoms with Crippen molar-refractivity contribution < 1.29 is 4.74 Å². The van der Waals surface area contributed by atoms with Gasteiger partial charge in [-0.25, -0.2) is 0 Å². The molecule has 0 bridgehead atoms. The van der Waals surface area contributed by atoms with Crippen molar-refractivity contribution in [2.75, 3.05) is 6.54 Å². The molecule has 0 aliphatic carbocycles. The SMILES string of the molecule is Cc1ccnn1CC1CCC(CN)O1. The predicted octanol–water partition coefficient (Wildman–Crippen LogP) is 0.698. The molecule has 4 nitrogen and oxygen atoms in total. The summed E-state index contributed by atoms with van der Waals surface area (Å²) in [4.78, 5) is 0. The number of rotatable bonds is 3. The molecule has 1 fully saturated rings. The molecule has 1 aromatic heterocycles. The monoisotopic (exact) mass is 195 g/mol. The van der Waals surface area contributed by atoms with Gasteiger partial charge in [0, 0.05) is 18.4 Å². The Hall–Kier alpha value is -0.870. The minimum Gasteiger partial charge on any atom is -0.372 e. The van der Waals surface area contributed by atoms with Gasteiger partial charge >= 0.3 is 0 Å². The van der Waals surface area contributed by atoms with Crippen LogP contribution in [0.15, 0.2) is 12.3 Å². The van der Waals surface area contributed by atoms with Crippen molar-refractivity contribution in [1.82, 2.24) is 9.78 Å². The highest BCUT2D eigenvalue weighted by Crippen LogP contribution is 2.20. The van der Waals surface area contributed by atoms with Crippen LogP contribution in [0.2, 0.25) is 0 Å². The number of nitrogens with two attached hydrogens (primary N) is 1. The lowest BCUT2D eigenvalue weighted by molar-refractivity contribution is 0.0382. The van der Waals surface area contributed by atoms with E-state index in [0.29, 0.717) is 12.6 Å². The van der Waals surface area contributed by atoms with Crippen molar-refractivity contribution in [2.45, 2.75) is 38.5 Å². The number of aromatic nitrogens is 2. The Bertz CT molecular complexity index is 297. The average Bonchev–Trinajstić information content (AvgIpc) is 2.77. The molecule has 0 aromatic carbocycles. The van der Waals surface area contributed by atoms with Gasteiger partial charge in [0.05, 0.1) is 18.8 Å². The van der Waals surface area contributed by atoms with Crippen molar-refractivity contribution in [1.29, 1.82) is 0 Å². The van der Waals surface area contributed by atoms with E-state index in [0.717, 1.165) is 19.4 Å². The van der Waals surface area contributed by atoms with Gasteiger partial charge in [-0.2, -0.15) is 5.10 Å². The molecule has 0 radical (unpaired) electrons. The molecule has 14 heavy (non-hydrogen) atoms. The first-order valence-corrected chi connectivity index (χ1v) is 5.13. The molecule has 2 N–H and O–H groups in total. The molecule has 1 aliphatic rings. The number of nitrogens with zero attached hydrogens (tertiary/aromatic N) is 2. The van der Waals surface area contributed by atoms with Gasteiger partial charge in [-0.15, -0.1) is 0 Å². The zero-order valence-electron chi connectivity index (χ0n) is 8.52. The molecule has 78 valence electrons. The van der Waals surface area contributed by atoms with E-state index in [-0.39, 0.29) is 6.10 Å². The van der Waals surface area contributed by atoms with Gasteiger partial charge in [0.1, 0.15) is 0 Å². The molecule has 2 heterocycles. The number of hydrogen-bond acceptors (Lipinski definition) is 3. The number of aryl methyl sites for hydroxylation is 1. The average molecular weight is 195 g/mol. The molecule has 1 aromatic rings. The van der Waals surface area contributed by atoms with Crippen LogP contribution in [0.1, 0.15) is 18.5 Å². The first-order valence-electron chi connectivity index (χ1n) is 5.13. The van der Waals surface area contributed by atoms with Crippen LogP contribution in [-0.4, -0.2) is 28.5 Å². The van der Waals surface area contributed by atoms with E-state index in [1.54, 1.807) is 0 Å². The molecule has 0 saturated carbocycles. The summed E-state index contributed by atoms with van der Waals surface area (Å²) in [6.07, 6.45) is 4.56. The lowest BCUT2D eigenvalue weighted by Crippen LogP contribution is -2.23. The molecule has 2 atom stereocenters. The van der Waals surface area contributed by atoms with E-state index in [4.69, 9.17) is 10.5 Å². The minimum atomic E-state index is 0.260. The summed E-state index contributed by atoms with van der Waals surface area (Å²) in [6, 6.07) is 2.01. The zero-order chi connectivity index (χ0) is 9.97. The molecule has 0 amide bonds. The molecular weight excluding hydrogens is 178 g/mol. The topological polar surface area (TPSA) is 53.1 Å². The van der Waals surface area contributed by atoms with Gasteiger partial charge in [-0.3, -0.25) is 4.68 Å². The van der Waals surface area contributed by atoms with E-state index in [2.05, 4.69) is 12.0 Å². The summed E-state index contributed by atoms with van der Waals surface area (Å²) in [5.41, 5.74) is 6.74. The van der Waals surface area contributed by atoms with Crippen LogP contribution < -0.4 is 5.73 Å². The van der Waals surface area contributed by atoms with Gasteiger partial charge in [-0.05, 0) is 25.8 Å². The van der Waals surface area contributed by atoms with Gasteiger partial charge in [0.25, 0.3) is 0 Å². The van der Waals surface area contributed by atoms with Crippen LogP contribution in [-0.2, 0) is 11.3 Å². The molecule has 0 spiro atoms. The van der Waals surface area contributed by atoms with Crippen molar-refractivity contribution in [3.05, 3.63) is 18.0 Å². The van der Waals surface area contributed by atoms with Crippen LogP contribution in [0.4, 0.5) is 0 Å². The Morgan fingerprint density at radius 2 is 2.36 bits per heavy atom. The summed E-state index contributed by atoms with van der Waals surface area (Å²) in [7, 11) is 0. The molecule has 2 unspecified atom stereocenters. The van der Waals surface area contributed by atoms with Crippen molar-refractivity contribution in [3.8, 4) is 0 Å². The fourth-order valence-electron chi connectivity index (χ4n) is 1.87. The maximum absolute atomic E-state index is 5.75. The van der Waals surface area contributed by atoms with Crippen LogP contribution >= 0.6 is 0 Å². The Morgan fingerprint density at radius 3 is 2.93 bits per heavy atom. The van der Waals surface area contributed by atoms with E-state index in [1.165, 1.54) is 5.69 Å². The Kier molecular flexibility index (Phi) is 2.84. The third-order valence-electron chi connectivity index (χ3n) is 2.76. The van der Waals surface area contributed by atoms with E-state index in [9.17, 15) is 0 Å². The zero-order valence-corrected chi connectivity index (χ0v) is 8.52. The Balaban J connectivity index is 1.90. The summed E-state index contributed by atoms with van der Waals surface area (Å²) in [5.74, 6) is 0. The Morgan fingerprint density at radius 1 is 1.57 bits per heavy atom. The molecule has 4 heteroatoms. The van der Waals surface area contributed by atoms with Crippen LogP contribution in [0, 0.1) is 6.92 Å². The predicted molar refractivity (Wildman–Crippen MR) is 53.9 cm³/mol. The van der Waals surface area contributed by atoms with E-state index >= 15 is 0 Å². The van der Waals surface area contributed by atoms with E-state index < -0.39 is 0 Å². The van der Waals surface area contributed by atoms with E-state index in [1.807, 2.05) is 16.9 Å². The molecule has 1 aliphatic heterocycles. The van der Waals surface area contributed by atoms with Crippen LogP contribution in [0.3, 0.4) is 0 Å².